The number of amides is 3. The summed E-state index contributed by atoms with van der Waals surface area (Å²) in [5, 5.41) is 12.7. The molecule has 18 heteroatoms. The molecule has 56 heavy (non-hydrogen) atoms. The molecule has 1 atom stereocenters. The fraction of sp³-hybridized carbons (Fsp3) is 0.342. The maximum absolute atomic E-state index is 15.2. The number of nitrogens with zero attached hydrogens (tertiary/aromatic N) is 4. The summed E-state index contributed by atoms with van der Waals surface area (Å²) in [6, 6.07) is 15.3. The Balaban J connectivity index is 0.954. The summed E-state index contributed by atoms with van der Waals surface area (Å²) >= 11 is 6.45. The van der Waals surface area contributed by atoms with Crippen LogP contribution < -0.4 is 36.2 Å². The van der Waals surface area contributed by atoms with E-state index in [-0.39, 0.29) is 53.7 Å². The fourth-order valence-corrected chi connectivity index (χ4v) is 8.63. The van der Waals surface area contributed by atoms with Crippen molar-refractivity contribution in [1.29, 1.82) is 0 Å². The van der Waals surface area contributed by atoms with Crippen LogP contribution in [0.15, 0.2) is 60.8 Å². The molecule has 294 valence electrons. The van der Waals surface area contributed by atoms with Crippen molar-refractivity contribution in [3.05, 3.63) is 88.3 Å². The molecule has 0 saturated carbocycles. The largest absolute Gasteiger partial charge is 0.494 e. The van der Waals surface area contributed by atoms with Gasteiger partial charge in [-0.3, -0.25) is 24.3 Å². The summed E-state index contributed by atoms with van der Waals surface area (Å²) in [4.78, 5) is 49.5. The van der Waals surface area contributed by atoms with Crippen molar-refractivity contribution >= 4 is 71.1 Å². The molecule has 4 N–H and O–H groups in total. The number of benzene rings is 3. The van der Waals surface area contributed by atoms with Crippen molar-refractivity contribution in [3.63, 3.8) is 0 Å². The zero-order valence-electron chi connectivity index (χ0n) is 30.9. The van der Waals surface area contributed by atoms with Crippen molar-refractivity contribution in [2.75, 3.05) is 50.0 Å². The predicted octanol–water partition coefficient (Wildman–Crippen LogP) is 5.40. The number of methoxy groups -OCH3 is 1. The lowest BCUT2D eigenvalue weighted by molar-refractivity contribution is -0.136. The molecule has 2 saturated heterocycles. The molecule has 7 rings (SSSR count). The van der Waals surface area contributed by atoms with E-state index < -0.39 is 31.3 Å². The zero-order valence-corrected chi connectivity index (χ0v) is 32.6. The lowest BCUT2D eigenvalue weighted by atomic mass is 10.0. The number of para-hydroxylation sites is 1. The van der Waals surface area contributed by atoms with Gasteiger partial charge in [0.15, 0.2) is 5.82 Å². The lowest BCUT2D eigenvalue weighted by Crippen LogP contribution is -2.52. The van der Waals surface area contributed by atoms with Crippen molar-refractivity contribution in [3.8, 4) is 5.75 Å². The molecule has 1 unspecified atom stereocenters. The van der Waals surface area contributed by atoms with Crippen molar-refractivity contribution < 1.29 is 37.1 Å². The van der Waals surface area contributed by atoms with E-state index in [0.717, 1.165) is 37.2 Å². The Hall–Kier alpha value is -5.12. The average Bonchev–Trinajstić information content (AvgIpc) is 3.54. The number of aromatic nitrogens is 2. The smallest absolute Gasteiger partial charge is 0.362 e. The van der Waals surface area contributed by atoms with Crippen LogP contribution in [0.5, 0.6) is 5.75 Å². The lowest BCUT2D eigenvalue weighted by Gasteiger charge is -2.34. The number of ether oxygens (including phenoxy) is 1. The number of fused-ring (bicyclic) bond motifs is 1. The summed E-state index contributed by atoms with van der Waals surface area (Å²) in [5.74, 6) is -0.929. The van der Waals surface area contributed by atoms with Crippen LogP contribution in [0.1, 0.15) is 47.2 Å². The number of imide groups is 1. The van der Waals surface area contributed by atoms with E-state index in [1.165, 1.54) is 31.4 Å². The number of halogens is 2. The highest BCUT2D eigenvalue weighted by Gasteiger charge is 2.40. The van der Waals surface area contributed by atoms with E-state index in [9.17, 15) is 18.9 Å². The minimum Gasteiger partial charge on any atom is -0.494 e. The first kappa shape index (κ1) is 39.1. The number of hydrogen-bond donors (Lipinski definition) is 4. The number of anilines is 5. The molecule has 3 aliphatic rings. The molecule has 15 nitrogen and oxygen atoms in total. The second-order valence-corrected chi connectivity index (χ2v) is 16.2. The Bertz CT molecular complexity index is 2210. The molecule has 1 aromatic heterocycles. The molecule has 0 bridgehead atoms. The van der Waals surface area contributed by atoms with Crippen LogP contribution in [0.4, 0.5) is 33.2 Å². The predicted molar refractivity (Wildman–Crippen MR) is 209 cm³/mol. The Morgan fingerprint density at radius 3 is 2.48 bits per heavy atom. The second kappa shape index (κ2) is 16.5. The molecular formula is C38H41ClFN8O7P. The van der Waals surface area contributed by atoms with Gasteiger partial charge in [0.1, 0.15) is 22.6 Å². The highest BCUT2D eigenvalue weighted by Crippen LogP contribution is 2.47. The topological polar surface area (TPSA) is 176 Å². The number of rotatable bonds is 13. The van der Waals surface area contributed by atoms with Gasteiger partial charge in [0.05, 0.1) is 35.5 Å². The molecular weight excluding hydrogens is 766 g/mol. The molecule has 0 aliphatic carbocycles. The molecule has 4 heterocycles. The summed E-state index contributed by atoms with van der Waals surface area (Å²) in [7, 11) is 0.635. The van der Waals surface area contributed by atoms with Gasteiger partial charge in [-0.2, -0.15) is 4.98 Å². The van der Waals surface area contributed by atoms with E-state index >= 15 is 4.39 Å². The van der Waals surface area contributed by atoms with Crippen LogP contribution in [0.2, 0.25) is 5.02 Å². The monoisotopic (exact) mass is 806 g/mol. The third kappa shape index (κ3) is 8.06. The van der Waals surface area contributed by atoms with Gasteiger partial charge < -0.3 is 39.5 Å². The van der Waals surface area contributed by atoms with Gasteiger partial charge in [0, 0.05) is 64.6 Å². The maximum atomic E-state index is 15.2. The Morgan fingerprint density at radius 1 is 0.982 bits per heavy atom. The standard InChI is InChI=1S/C38H41ClFN8O7P/c1-53-31-18-25(8-9-28(31)44-38-42-20-26(39)35(46-38)43-29-6-4-5-7-32(29)56(52,54-2)55-3)47-14-12-24(13-15-47)41-19-22-16-23-21-48(37(51)34(23)27(40)17-22)30-10-11-33(49)45-36(30)50/h4-9,16-18,20,24,30,41H,10-15,19,21H2,1-3H3,(H,45,49,50)(H2,42,43,44,46). The van der Waals surface area contributed by atoms with Crippen LogP contribution in [0.25, 0.3) is 0 Å². The number of piperidine rings is 2. The first-order valence-electron chi connectivity index (χ1n) is 18.0. The van der Waals surface area contributed by atoms with Crippen LogP contribution in [-0.2, 0) is 36.3 Å². The molecule has 2 fully saturated rings. The summed E-state index contributed by atoms with van der Waals surface area (Å²) < 4.78 is 44.5. The first-order valence-corrected chi connectivity index (χ1v) is 19.9. The zero-order chi connectivity index (χ0) is 39.6. The molecule has 3 amide bonds. The van der Waals surface area contributed by atoms with E-state index in [1.807, 2.05) is 24.3 Å². The van der Waals surface area contributed by atoms with Gasteiger partial charge >= 0.3 is 7.60 Å². The normalized spacial score (nSPS) is 17.5. The van der Waals surface area contributed by atoms with Gasteiger partial charge in [-0.15, -0.1) is 0 Å². The van der Waals surface area contributed by atoms with E-state index in [4.69, 9.17) is 25.4 Å². The van der Waals surface area contributed by atoms with Crippen molar-refractivity contribution in [2.45, 2.75) is 50.9 Å². The maximum Gasteiger partial charge on any atom is 0.362 e. The summed E-state index contributed by atoms with van der Waals surface area (Å²) in [5.41, 5.74) is 3.31. The number of hydrogen-bond acceptors (Lipinski definition) is 13. The highest BCUT2D eigenvalue weighted by molar-refractivity contribution is 7.62. The van der Waals surface area contributed by atoms with E-state index in [2.05, 4.69) is 36.1 Å². The van der Waals surface area contributed by atoms with E-state index in [0.29, 0.717) is 34.5 Å². The van der Waals surface area contributed by atoms with Gasteiger partial charge in [0.2, 0.25) is 17.8 Å². The third-order valence-electron chi connectivity index (χ3n) is 10.2. The van der Waals surface area contributed by atoms with Crippen LogP contribution >= 0.6 is 19.2 Å². The van der Waals surface area contributed by atoms with Gasteiger partial charge in [-0.25, -0.2) is 9.37 Å². The van der Waals surface area contributed by atoms with Crippen molar-refractivity contribution in [2.24, 2.45) is 0 Å². The summed E-state index contributed by atoms with van der Waals surface area (Å²) in [6.07, 6.45) is 3.50. The minimum absolute atomic E-state index is 0.00738. The molecule has 3 aliphatic heterocycles. The number of carbonyl (C=O) groups excluding carboxylic acids is 3. The first-order chi connectivity index (χ1) is 27.0. The summed E-state index contributed by atoms with van der Waals surface area (Å²) in [6.45, 7) is 2.10. The third-order valence-corrected chi connectivity index (χ3v) is 12.4. The second-order valence-electron chi connectivity index (χ2n) is 13.6. The molecule has 0 spiro atoms. The van der Waals surface area contributed by atoms with Crippen LogP contribution in [-0.4, -0.2) is 79.1 Å². The SMILES string of the molecule is COc1cc(N2CCC(NCc3cc(F)c4c(c3)CN(C3CCC(=O)NC3=O)C4=O)CC2)ccc1Nc1ncc(Cl)c(Nc2ccccc2P(=O)(OC)OC)n1. The fourth-order valence-electron chi connectivity index (χ4n) is 7.26. The Labute approximate surface area is 327 Å². The van der Waals surface area contributed by atoms with Crippen molar-refractivity contribution in [1.82, 2.24) is 25.5 Å². The Morgan fingerprint density at radius 2 is 1.75 bits per heavy atom. The number of carbonyl (C=O) groups is 3. The van der Waals surface area contributed by atoms with Gasteiger partial charge in [0.25, 0.3) is 5.91 Å². The molecule has 4 aromatic rings. The van der Waals surface area contributed by atoms with Gasteiger partial charge in [-0.1, -0.05) is 29.8 Å². The number of nitrogens with one attached hydrogen (secondary N) is 4. The Kier molecular flexibility index (Phi) is 11.6. The quantitative estimate of drug-likeness (QED) is 0.100. The van der Waals surface area contributed by atoms with Crippen LogP contribution in [0, 0.1) is 5.82 Å². The van der Waals surface area contributed by atoms with Gasteiger partial charge in [-0.05, 0) is 60.7 Å². The molecule has 3 aromatic carbocycles. The highest BCUT2D eigenvalue weighted by atomic mass is 35.5. The minimum atomic E-state index is -3.58. The van der Waals surface area contributed by atoms with Crippen LogP contribution in [0.3, 0.4) is 0 Å². The molecule has 0 radical (unpaired) electrons. The van der Waals surface area contributed by atoms with E-state index in [1.54, 1.807) is 31.4 Å². The average molecular weight is 807 g/mol.